The summed E-state index contributed by atoms with van der Waals surface area (Å²) in [6.45, 7) is 3.91. The Bertz CT molecular complexity index is 969. The zero-order valence-corrected chi connectivity index (χ0v) is 17.1. The van der Waals surface area contributed by atoms with E-state index in [2.05, 4.69) is 10.4 Å². The van der Waals surface area contributed by atoms with E-state index in [4.69, 9.17) is 0 Å². The van der Waals surface area contributed by atoms with Crippen molar-refractivity contribution in [1.82, 2.24) is 20.0 Å². The second kappa shape index (κ2) is 7.46. The molecule has 0 spiro atoms. The first kappa shape index (κ1) is 19.4. The predicted molar refractivity (Wildman–Crippen MR) is 108 cm³/mol. The molecule has 2 aliphatic carbocycles. The maximum absolute atomic E-state index is 13.0. The van der Waals surface area contributed by atoms with Gasteiger partial charge in [0.15, 0.2) is 0 Å². The lowest BCUT2D eigenvalue weighted by Crippen LogP contribution is -2.38. The smallest absolute Gasteiger partial charge is 0.295 e. The van der Waals surface area contributed by atoms with Gasteiger partial charge in [-0.05, 0) is 57.2 Å². The molecule has 0 saturated heterocycles. The molecule has 2 amide bonds. The third kappa shape index (κ3) is 4.09. The highest BCUT2D eigenvalue weighted by Crippen LogP contribution is 2.29. The number of hydrogen-bond acceptors (Lipinski definition) is 4. The summed E-state index contributed by atoms with van der Waals surface area (Å²) in [5, 5.41) is 7.22. The van der Waals surface area contributed by atoms with Crippen molar-refractivity contribution in [2.45, 2.75) is 58.2 Å². The Morgan fingerprint density at radius 1 is 1.10 bits per heavy atom. The van der Waals surface area contributed by atoms with Crippen LogP contribution in [0.4, 0.5) is 0 Å². The van der Waals surface area contributed by atoms with Crippen LogP contribution in [-0.2, 0) is 18.4 Å². The highest BCUT2D eigenvalue weighted by atomic mass is 16.2. The van der Waals surface area contributed by atoms with Crippen LogP contribution in [0.5, 0.6) is 0 Å². The van der Waals surface area contributed by atoms with E-state index in [1.54, 1.807) is 42.6 Å². The number of aryl methyl sites for hydroxylation is 2. The van der Waals surface area contributed by atoms with Gasteiger partial charge >= 0.3 is 0 Å². The maximum atomic E-state index is 13.0. The number of benzene rings is 1. The second-order valence-electron chi connectivity index (χ2n) is 8.11. The minimum Gasteiger partial charge on any atom is -0.349 e. The molecule has 0 radical (unpaired) electrons. The number of rotatable bonds is 7. The van der Waals surface area contributed by atoms with Gasteiger partial charge in [0, 0.05) is 36.9 Å². The number of nitrogens with one attached hydrogen (secondary N) is 1. The van der Waals surface area contributed by atoms with E-state index in [0.717, 1.165) is 31.2 Å². The summed E-state index contributed by atoms with van der Waals surface area (Å²) < 4.78 is 1.63. The zero-order chi connectivity index (χ0) is 20.7. The molecule has 7 nitrogen and oxygen atoms in total. The average Bonchev–Trinajstić information content (AvgIpc) is 3.60. The monoisotopic (exact) mass is 394 g/mol. The molecule has 152 valence electrons. The topological polar surface area (TPSA) is 84.3 Å². The zero-order valence-electron chi connectivity index (χ0n) is 17.1. The van der Waals surface area contributed by atoms with Gasteiger partial charge in [0.1, 0.15) is 0 Å². The minimum atomic E-state index is -0.500. The fourth-order valence-electron chi connectivity index (χ4n) is 3.55. The van der Waals surface area contributed by atoms with Crippen molar-refractivity contribution in [2.75, 3.05) is 0 Å². The normalized spacial score (nSPS) is 15.8. The number of Topliss-reactive ketones (excluding diaryl/α,β-unsaturated/α-hetero) is 1. The number of aromatic nitrogens is 2. The Balaban J connectivity index is 1.48. The molecule has 1 N–H and O–H groups in total. The number of carbonyl (C=O) groups excluding carboxylic acids is 3. The van der Waals surface area contributed by atoms with Gasteiger partial charge in [0.2, 0.25) is 0 Å². The maximum Gasteiger partial charge on any atom is 0.295 e. The Hall–Kier alpha value is -2.96. The van der Waals surface area contributed by atoms with Crippen molar-refractivity contribution in [3.05, 3.63) is 52.3 Å². The number of amides is 2. The van der Waals surface area contributed by atoms with E-state index >= 15 is 0 Å². The SMILES string of the molecule is Cc1nn(C)c(C)c1C(=O)C(=O)N(Cc1ccc(C(=O)NC2CC2)cc1)C1CC1. The first-order valence-corrected chi connectivity index (χ1v) is 10.1. The fraction of sp³-hybridized carbons (Fsp3) is 0.455. The van der Waals surface area contributed by atoms with Gasteiger partial charge in [-0.15, -0.1) is 0 Å². The molecule has 1 heterocycles. The molecule has 7 heteroatoms. The molecule has 1 aromatic heterocycles. The molecule has 0 atom stereocenters. The third-order valence-electron chi connectivity index (χ3n) is 5.66. The second-order valence-corrected chi connectivity index (χ2v) is 8.11. The van der Waals surface area contributed by atoms with Crippen LogP contribution in [0.1, 0.15) is 63.4 Å². The summed E-state index contributed by atoms with van der Waals surface area (Å²) >= 11 is 0. The van der Waals surface area contributed by atoms with Crippen molar-refractivity contribution in [1.29, 1.82) is 0 Å². The Morgan fingerprint density at radius 2 is 1.76 bits per heavy atom. The summed E-state index contributed by atoms with van der Waals surface area (Å²) in [4.78, 5) is 39.7. The quantitative estimate of drug-likeness (QED) is 0.577. The highest BCUT2D eigenvalue weighted by Gasteiger charge is 2.37. The van der Waals surface area contributed by atoms with Crippen LogP contribution in [0.2, 0.25) is 0 Å². The number of carbonyl (C=O) groups is 3. The average molecular weight is 394 g/mol. The molecular weight excluding hydrogens is 368 g/mol. The molecule has 0 unspecified atom stereocenters. The molecule has 4 rings (SSSR count). The van der Waals surface area contributed by atoms with Gasteiger partial charge < -0.3 is 10.2 Å². The lowest BCUT2D eigenvalue weighted by molar-refractivity contribution is -0.127. The summed E-state index contributed by atoms with van der Waals surface area (Å²) in [6, 6.07) is 7.68. The fourth-order valence-corrected chi connectivity index (χ4v) is 3.55. The van der Waals surface area contributed by atoms with Crippen LogP contribution < -0.4 is 5.32 Å². The van der Waals surface area contributed by atoms with E-state index in [1.807, 2.05) is 12.1 Å². The van der Waals surface area contributed by atoms with Crippen LogP contribution in [0.25, 0.3) is 0 Å². The Morgan fingerprint density at radius 3 is 2.28 bits per heavy atom. The van der Waals surface area contributed by atoms with Crippen LogP contribution in [0, 0.1) is 13.8 Å². The van der Waals surface area contributed by atoms with E-state index in [-0.39, 0.29) is 11.9 Å². The van der Waals surface area contributed by atoms with Crippen LogP contribution >= 0.6 is 0 Å². The van der Waals surface area contributed by atoms with Gasteiger partial charge in [0.25, 0.3) is 17.6 Å². The van der Waals surface area contributed by atoms with Crippen molar-refractivity contribution >= 4 is 17.6 Å². The summed E-state index contributed by atoms with van der Waals surface area (Å²) in [5.41, 5.74) is 3.19. The minimum absolute atomic E-state index is 0.0631. The molecule has 29 heavy (non-hydrogen) atoms. The molecule has 2 aliphatic rings. The molecule has 0 bridgehead atoms. The van der Waals surface area contributed by atoms with Crippen molar-refractivity contribution in [3.8, 4) is 0 Å². The van der Waals surface area contributed by atoms with Crippen LogP contribution in [0.15, 0.2) is 24.3 Å². The molecule has 2 fully saturated rings. The number of nitrogens with zero attached hydrogens (tertiary/aromatic N) is 3. The van der Waals surface area contributed by atoms with E-state index in [9.17, 15) is 14.4 Å². The molecule has 2 aromatic rings. The van der Waals surface area contributed by atoms with Crippen molar-refractivity contribution in [3.63, 3.8) is 0 Å². The largest absolute Gasteiger partial charge is 0.349 e. The summed E-state index contributed by atoms with van der Waals surface area (Å²) in [7, 11) is 1.77. The van der Waals surface area contributed by atoms with E-state index in [0.29, 0.717) is 35.1 Å². The molecule has 2 saturated carbocycles. The number of hydrogen-bond donors (Lipinski definition) is 1. The predicted octanol–water partition coefficient (Wildman–Crippen LogP) is 2.30. The lowest BCUT2D eigenvalue weighted by atomic mass is 10.1. The van der Waals surface area contributed by atoms with E-state index in [1.165, 1.54) is 0 Å². The van der Waals surface area contributed by atoms with Crippen molar-refractivity contribution < 1.29 is 14.4 Å². The standard InChI is InChI=1S/C22H26N4O3/c1-13-19(14(2)25(3)24-13)20(27)22(29)26(18-10-11-18)12-15-4-6-16(7-5-15)21(28)23-17-8-9-17/h4-7,17-18H,8-12H2,1-3H3,(H,23,28). The molecule has 0 aliphatic heterocycles. The third-order valence-corrected chi connectivity index (χ3v) is 5.66. The van der Waals surface area contributed by atoms with Crippen molar-refractivity contribution in [2.24, 2.45) is 7.05 Å². The van der Waals surface area contributed by atoms with Gasteiger partial charge in [-0.2, -0.15) is 5.10 Å². The molecule has 1 aromatic carbocycles. The molecular formula is C22H26N4O3. The Labute approximate surface area is 170 Å². The van der Waals surface area contributed by atoms with E-state index < -0.39 is 11.7 Å². The Kier molecular flexibility index (Phi) is 4.98. The summed E-state index contributed by atoms with van der Waals surface area (Å²) in [6.07, 6.45) is 3.91. The highest BCUT2D eigenvalue weighted by molar-refractivity contribution is 6.43. The van der Waals surface area contributed by atoms with Gasteiger partial charge in [-0.1, -0.05) is 12.1 Å². The number of ketones is 1. The van der Waals surface area contributed by atoms with Crippen LogP contribution in [0.3, 0.4) is 0 Å². The first-order valence-electron chi connectivity index (χ1n) is 10.1. The summed E-state index contributed by atoms with van der Waals surface area (Å²) in [5.74, 6) is -1.05. The lowest BCUT2D eigenvalue weighted by Gasteiger charge is -2.22. The van der Waals surface area contributed by atoms with Gasteiger partial charge in [-0.3, -0.25) is 19.1 Å². The van der Waals surface area contributed by atoms with Gasteiger partial charge in [0.05, 0.1) is 11.3 Å². The van der Waals surface area contributed by atoms with Crippen LogP contribution in [-0.4, -0.2) is 44.4 Å². The van der Waals surface area contributed by atoms with Gasteiger partial charge in [-0.25, -0.2) is 0 Å². The first-order chi connectivity index (χ1) is 13.8.